The molecule has 2 rings (SSSR count). The molecule has 1 saturated heterocycles. The highest BCUT2D eigenvalue weighted by molar-refractivity contribution is 9.10. The fourth-order valence-corrected chi connectivity index (χ4v) is 3.21. The Morgan fingerprint density at radius 3 is 2.88 bits per heavy atom. The largest absolute Gasteiger partial charge is 0.397 e. The number of pyridine rings is 1. The second-order valence-electron chi connectivity index (χ2n) is 3.93. The Morgan fingerprint density at radius 2 is 2.24 bits per heavy atom. The second-order valence-corrected chi connectivity index (χ2v) is 5.75. The lowest BCUT2D eigenvalue weighted by Crippen LogP contribution is -2.29. The molecule has 0 unspecified atom stereocenters. The van der Waals surface area contributed by atoms with E-state index in [-0.39, 0.29) is 5.91 Å². The fourth-order valence-electron chi connectivity index (χ4n) is 1.73. The van der Waals surface area contributed by atoms with E-state index in [1.807, 2.05) is 4.90 Å². The van der Waals surface area contributed by atoms with Crippen molar-refractivity contribution in [1.82, 2.24) is 9.88 Å². The van der Waals surface area contributed by atoms with Crippen LogP contribution in [0.1, 0.15) is 12.8 Å². The molecule has 0 spiro atoms. The quantitative estimate of drug-likeness (QED) is 0.868. The van der Waals surface area contributed by atoms with Crippen LogP contribution in [0.3, 0.4) is 0 Å². The van der Waals surface area contributed by atoms with E-state index in [0.29, 0.717) is 11.4 Å². The van der Waals surface area contributed by atoms with Crippen LogP contribution >= 0.6 is 27.7 Å². The van der Waals surface area contributed by atoms with Gasteiger partial charge in [-0.1, -0.05) is 11.8 Å². The lowest BCUT2D eigenvalue weighted by molar-refractivity contribution is -0.127. The normalized spacial score (nSPS) is 15.2. The van der Waals surface area contributed by atoms with E-state index in [2.05, 4.69) is 20.9 Å². The minimum absolute atomic E-state index is 0.193. The summed E-state index contributed by atoms with van der Waals surface area (Å²) in [5.41, 5.74) is 6.22. The molecule has 2 heterocycles. The molecule has 1 amide bonds. The van der Waals surface area contributed by atoms with E-state index in [1.165, 1.54) is 11.8 Å². The van der Waals surface area contributed by atoms with E-state index in [0.717, 1.165) is 35.4 Å². The van der Waals surface area contributed by atoms with Gasteiger partial charge in [0.15, 0.2) is 0 Å². The number of carbonyl (C=O) groups excluding carboxylic acids is 1. The van der Waals surface area contributed by atoms with Gasteiger partial charge < -0.3 is 10.6 Å². The van der Waals surface area contributed by atoms with Gasteiger partial charge in [-0.25, -0.2) is 4.98 Å². The van der Waals surface area contributed by atoms with Crippen molar-refractivity contribution in [3.63, 3.8) is 0 Å². The van der Waals surface area contributed by atoms with E-state index in [9.17, 15) is 4.79 Å². The van der Waals surface area contributed by atoms with Gasteiger partial charge in [0.05, 0.1) is 22.1 Å². The third kappa shape index (κ3) is 3.35. The molecule has 0 radical (unpaired) electrons. The van der Waals surface area contributed by atoms with Crippen molar-refractivity contribution in [2.24, 2.45) is 0 Å². The Hall–Kier alpha value is -0.750. The molecule has 1 aliphatic rings. The summed E-state index contributed by atoms with van der Waals surface area (Å²) in [6, 6.07) is 1.80. The van der Waals surface area contributed by atoms with Crippen LogP contribution in [0.15, 0.2) is 21.8 Å². The lowest BCUT2D eigenvalue weighted by Gasteiger charge is -2.14. The number of nitrogen functional groups attached to an aromatic ring is 1. The Bertz CT molecular complexity index is 421. The van der Waals surface area contributed by atoms with E-state index in [1.54, 1.807) is 12.3 Å². The van der Waals surface area contributed by atoms with Gasteiger partial charge >= 0.3 is 0 Å². The first-order valence-corrected chi connectivity index (χ1v) is 7.26. The van der Waals surface area contributed by atoms with Crippen molar-refractivity contribution < 1.29 is 4.79 Å². The number of hydrogen-bond donors (Lipinski definition) is 1. The molecule has 0 bridgehead atoms. The Balaban J connectivity index is 1.90. The van der Waals surface area contributed by atoms with Crippen LogP contribution in [0.4, 0.5) is 5.69 Å². The number of aromatic nitrogens is 1. The van der Waals surface area contributed by atoms with Gasteiger partial charge in [0, 0.05) is 13.1 Å². The zero-order valence-corrected chi connectivity index (χ0v) is 11.8. The average Bonchev–Trinajstić information content (AvgIpc) is 2.81. The molecular formula is C11H14BrN3OS. The van der Waals surface area contributed by atoms with Crippen LogP contribution in [-0.2, 0) is 4.79 Å². The number of nitrogens with zero attached hydrogens (tertiary/aromatic N) is 2. The van der Waals surface area contributed by atoms with Crippen molar-refractivity contribution in [2.75, 3.05) is 24.6 Å². The SMILES string of the molecule is Nc1cnc(SCC(=O)N2CCCC2)c(Br)c1. The summed E-state index contributed by atoms with van der Waals surface area (Å²) in [6.45, 7) is 1.80. The van der Waals surface area contributed by atoms with Gasteiger partial charge in [-0.15, -0.1) is 0 Å². The number of nitrogens with two attached hydrogens (primary N) is 1. The first-order chi connectivity index (χ1) is 8.16. The monoisotopic (exact) mass is 315 g/mol. The standard InChI is InChI=1S/C11H14BrN3OS/c12-9-5-8(13)6-14-11(9)17-7-10(16)15-3-1-2-4-15/h5-6H,1-4,7,13H2. The van der Waals surface area contributed by atoms with Gasteiger partial charge in [-0.2, -0.15) is 0 Å². The lowest BCUT2D eigenvalue weighted by atomic mass is 10.4. The van der Waals surface area contributed by atoms with E-state index >= 15 is 0 Å². The third-order valence-corrected chi connectivity index (χ3v) is 4.48. The molecule has 1 fully saturated rings. The van der Waals surface area contributed by atoms with Gasteiger partial charge in [0.1, 0.15) is 5.03 Å². The molecule has 0 atom stereocenters. The van der Waals surface area contributed by atoms with Crippen LogP contribution in [0.2, 0.25) is 0 Å². The van der Waals surface area contributed by atoms with Crippen LogP contribution in [0.25, 0.3) is 0 Å². The molecule has 6 heteroatoms. The molecule has 2 N–H and O–H groups in total. The molecule has 0 saturated carbocycles. The third-order valence-electron chi connectivity index (χ3n) is 2.62. The maximum Gasteiger partial charge on any atom is 0.232 e. The number of amides is 1. The van der Waals surface area contributed by atoms with Gasteiger partial charge in [0.25, 0.3) is 0 Å². The topological polar surface area (TPSA) is 59.2 Å². The molecule has 1 aliphatic heterocycles. The highest BCUT2D eigenvalue weighted by Gasteiger charge is 2.18. The van der Waals surface area contributed by atoms with Crippen molar-refractivity contribution in [2.45, 2.75) is 17.9 Å². The number of thioether (sulfide) groups is 1. The Morgan fingerprint density at radius 1 is 1.53 bits per heavy atom. The van der Waals surface area contributed by atoms with Gasteiger partial charge in [0.2, 0.25) is 5.91 Å². The number of rotatable bonds is 3. The summed E-state index contributed by atoms with van der Waals surface area (Å²) < 4.78 is 0.844. The molecule has 92 valence electrons. The first-order valence-electron chi connectivity index (χ1n) is 5.48. The van der Waals surface area contributed by atoms with Crippen LogP contribution in [0, 0.1) is 0 Å². The molecule has 1 aromatic rings. The van der Waals surface area contributed by atoms with Crippen molar-refractivity contribution in [3.8, 4) is 0 Å². The summed E-state index contributed by atoms with van der Waals surface area (Å²) in [6.07, 6.45) is 3.86. The minimum atomic E-state index is 0.193. The summed E-state index contributed by atoms with van der Waals surface area (Å²) in [5.74, 6) is 0.633. The highest BCUT2D eigenvalue weighted by atomic mass is 79.9. The molecular weight excluding hydrogens is 302 g/mol. The number of halogens is 1. The second kappa shape index (κ2) is 5.73. The van der Waals surface area contributed by atoms with Crippen molar-refractivity contribution in [1.29, 1.82) is 0 Å². The van der Waals surface area contributed by atoms with Crippen molar-refractivity contribution >= 4 is 39.3 Å². The summed E-state index contributed by atoms with van der Waals surface area (Å²) >= 11 is 4.84. The maximum absolute atomic E-state index is 11.8. The number of carbonyl (C=O) groups is 1. The summed E-state index contributed by atoms with van der Waals surface area (Å²) in [7, 11) is 0. The predicted molar refractivity (Wildman–Crippen MR) is 72.9 cm³/mol. The smallest absolute Gasteiger partial charge is 0.232 e. The van der Waals surface area contributed by atoms with Crippen LogP contribution in [-0.4, -0.2) is 34.6 Å². The Kier molecular flexibility index (Phi) is 4.28. The highest BCUT2D eigenvalue weighted by Crippen LogP contribution is 2.27. The van der Waals surface area contributed by atoms with E-state index < -0.39 is 0 Å². The fraction of sp³-hybridized carbons (Fsp3) is 0.455. The zero-order chi connectivity index (χ0) is 12.3. The van der Waals surface area contributed by atoms with Crippen LogP contribution in [0.5, 0.6) is 0 Å². The molecule has 17 heavy (non-hydrogen) atoms. The predicted octanol–water partition coefficient (Wildman–Crippen LogP) is 2.14. The van der Waals surface area contributed by atoms with Gasteiger partial charge in [-0.05, 0) is 34.8 Å². The number of hydrogen-bond acceptors (Lipinski definition) is 4. The molecule has 1 aromatic heterocycles. The first kappa shape index (κ1) is 12.7. The zero-order valence-electron chi connectivity index (χ0n) is 9.36. The van der Waals surface area contributed by atoms with E-state index in [4.69, 9.17) is 5.73 Å². The molecule has 0 aliphatic carbocycles. The minimum Gasteiger partial charge on any atom is -0.397 e. The Labute approximate surface area is 113 Å². The number of anilines is 1. The van der Waals surface area contributed by atoms with Gasteiger partial charge in [-0.3, -0.25) is 4.79 Å². The summed E-state index contributed by atoms with van der Waals surface area (Å²) in [5, 5.41) is 0.812. The van der Waals surface area contributed by atoms with Crippen LogP contribution < -0.4 is 5.73 Å². The van der Waals surface area contributed by atoms with Crippen molar-refractivity contribution in [3.05, 3.63) is 16.7 Å². The number of likely N-dealkylation sites (tertiary alicyclic amines) is 1. The molecule has 4 nitrogen and oxygen atoms in total. The maximum atomic E-state index is 11.8. The molecule has 0 aromatic carbocycles. The summed E-state index contributed by atoms with van der Waals surface area (Å²) in [4.78, 5) is 17.9. The average molecular weight is 316 g/mol.